The van der Waals surface area contributed by atoms with Crippen molar-refractivity contribution >= 4 is 45.4 Å². The Hall–Kier alpha value is -2.85. The third-order valence-electron chi connectivity index (χ3n) is 3.71. The number of hydrogen-bond acceptors (Lipinski definition) is 3. The summed E-state index contributed by atoms with van der Waals surface area (Å²) in [7, 11) is 0. The maximum atomic E-state index is 12.2. The molecule has 4 heteroatoms. The molecule has 116 valence electrons. The van der Waals surface area contributed by atoms with Crippen LogP contribution in [0, 0.1) is 0 Å². The van der Waals surface area contributed by atoms with Gasteiger partial charge in [-0.1, -0.05) is 54.6 Å². The van der Waals surface area contributed by atoms with Crippen molar-refractivity contribution in [1.29, 1.82) is 0 Å². The van der Waals surface area contributed by atoms with Crippen molar-refractivity contribution in [1.82, 2.24) is 5.32 Å². The normalized spacial score (nSPS) is 17.6. The second-order valence-corrected chi connectivity index (χ2v) is 6.45. The number of amides is 1. The van der Waals surface area contributed by atoms with Gasteiger partial charge in [0.25, 0.3) is 5.91 Å². The van der Waals surface area contributed by atoms with Crippen molar-refractivity contribution in [3.8, 4) is 0 Å². The third-order valence-corrected chi connectivity index (χ3v) is 4.62. The first-order valence-electron chi connectivity index (χ1n) is 7.61. The van der Waals surface area contributed by atoms with Crippen LogP contribution in [0.4, 0.5) is 5.69 Å². The van der Waals surface area contributed by atoms with Crippen LogP contribution in [-0.2, 0) is 4.79 Å². The van der Waals surface area contributed by atoms with Gasteiger partial charge in [0.15, 0.2) is 5.17 Å². The fourth-order valence-electron chi connectivity index (χ4n) is 2.55. The highest BCUT2D eigenvalue weighted by atomic mass is 32.2. The van der Waals surface area contributed by atoms with Crippen molar-refractivity contribution in [2.45, 2.75) is 0 Å². The molecule has 0 aliphatic carbocycles. The Morgan fingerprint density at radius 2 is 1.62 bits per heavy atom. The minimum Gasteiger partial charge on any atom is -0.300 e. The predicted octanol–water partition coefficient (Wildman–Crippen LogP) is 4.73. The molecule has 1 N–H and O–H groups in total. The topological polar surface area (TPSA) is 41.5 Å². The highest BCUT2D eigenvalue weighted by molar-refractivity contribution is 8.18. The lowest BCUT2D eigenvalue weighted by atomic mass is 10.1. The predicted molar refractivity (Wildman–Crippen MR) is 101 cm³/mol. The molecule has 0 saturated carbocycles. The van der Waals surface area contributed by atoms with E-state index in [9.17, 15) is 4.79 Å². The fourth-order valence-corrected chi connectivity index (χ4v) is 3.39. The van der Waals surface area contributed by atoms with E-state index < -0.39 is 0 Å². The first-order chi connectivity index (χ1) is 11.8. The summed E-state index contributed by atoms with van der Waals surface area (Å²) in [5.41, 5.74) is 1.83. The molecular weight excluding hydrogens is 316 g/mol. The lowest BCUT2D eigenvalue weighted by Crippen LogP contribution is -2.19. The van der Waals surface area contributed by atoms with E-state index in [1.807, 2.05) is 54.6 Å². The summed E-state index contributed by atoms with van der Waals surface area (Å²) in [6.45, 7) is 0. The van der Waals surface area contributed by atoms with E-state index in [0.717, 1.165) is 16.6 Å². The summed E-state index contributed by atoms with van der Waals surface area (Å²) in [5.74, 6) is -0.108. The van der Waals surface area contributed by atoms with Crippen molar-refractivity contribution in [3.63, 3.8) is 0 Å². The molecule has 1 amide bonds. The highest BCUT2D eigenvalue weighted by Crippen LogP contribution is 2.28. The van der Waals surface area contributed by atoms with Gasteiger partial charge in [0, 0.05) is 0 Å². The largest absolute Gasteiger partial charge is 0.300 e. The molecule has 1 aliphatic heterocycles. The maximum absolute atomic E-state index is 12.2. The lowest BCUT2D eigenvalue weighted by Gasteiger charge is -1.99. The number of benzene rings is 3. The smallest absolute Gasteiger partial charge is 0.264 e. The summed E-state index contributed by atoms with van der Waals surface area (Å²) in [4.78, 5) is 17.3. The molecule has 0 spiro atoms. The molecule has 24 heavy (non-hydrogen) atoms. The number of amidine groups is 1. The molecule has 0 unspecified atom stereocenters. The number of rotatable bonds is 2. The van der Waals surface area contributed by atoms with E-state index in [1.165, 1.54) is 17.1 Å². The van der Waals surface area contributed by atoms with Crippen molar-refractivity contribution in [2.75, 3.05) is 0 Å². The molecule has 3 aromatic carbocycles. The number of carbonyl (C=O) groups is 1. The average molecular weight is 330 g/mol. The molecule has 1 fully saturated rings. The van der Waals surface area contributed by atoms with E-state index >= 15 is 0 Å². The Morgan fingerprint density at radius 1 is 0.875 bits per heavy atom. The molecule has 3 nitrogen and oxygen atoms in total. The van der Waals surface area contributed by atoms with E-state index in [4.69, 9.17) is 0 Å². The van der Waals surface area contributed by atoms with Crippen LogP contribution in [-0.4, -0.2) is 11.1 Å². The third kappa shape index (κ3) is 3.09. The van der Waals surface area contributed by atoms with Gasteiger partial charge >= 0.3 is 0 Å². The maximum Gasteiger partial charge on any atom is 0.264 e. The first-order valence-corrected chi connectivity index (χ1v) is 8.43. The lowest BCUT2D eigenvalue weighted by molar-refractivity contribution is -0.115. The number of para-hydroxylation sites is 1. The molecule has 0 aromatic heterocycles. The van der Waals surface area contributed by atoms with Gasteiger partial charge in [-0.05, 0) is 52.4 Å². The van der Waals surface area contributed by atoms with Crippen LogP contribution in [0.3, 0.4) is 0 Å². The molecular formula is C20H14N2OS. The summed E-state index contributed by atoms with van der Waals surface area (Å²) in [5, 5.41) is 5.78. The van der Waals surface area contributed by atoms with Gasteiger partial charge in [0.2, 0.25) is 0 Å². The number of nitrogens with zero attached hydrogens (tertiary/aromatic N) is 1. The molecule has 1 saturated heterocycles. The second-order valence-electron chi connectivity index (χ2n) is 5.42. The van der Waals surface area contributed by atoms with Crippen LogP contribution in [0.2, 0.25) is 0 Å². The number of aliphatic imine (C=N–C) groups is 1. The number of hydrogen-bond donors (Lipinski definition) is 1. The van der Waals surface area contributed by atoms with Crippen LogP contribution in [0.25, 0.3) is 16.8 Å². The Labute approximate surface area is 144 Å². The van der Waals surface area contributed by atoms with Gasteiger partial charge < -0.3 is 5.32 Å². The minimum atomic E-state index is -0.108. The van der Waals surface area contributed by atoms with Crippen LogP contribution in [0.15, 0.2) is 82.7 Å². The number of nitrogens with one attached hydrogen (secondary N) is 1. The monoisotopic (exact) mass is 330 g/mol. The number of thioether (sulfide) groups is 1. The number of carbonyl (C=O) groups excluding carboxylic acids is 1. The van der Waals surface area contributed by atoms with Crippen LogP contribution in [0.5, 0.6) is 0 Å². The molecule has 3 aromatic rings. The van der Waals surface area contributed by atoms with Gasteiger partial charge in [-0.2, -0.15) is 0 Å². The Kier molecular flexibility index (Phi) is 3.89. The average Bonchev–Trinajstić information content (AvgIpc) is 2.95. The van der Waals surface area contributed by atoms with Gasteiger partial charge in [-0.25, -0.2) is 4.99 Å². The quantitative estimate of drug-likeness (QED) is 0.690. The van der Waals surface area contributed by atoms with Gasteiger partial charge in [-0.3, -0.25) is 4.79 Å². The standard InChI is InChI=1S/C20H14N2OS/c23-19-18(24-20(22-19)21-17-8-2-1-3-9-17)13-14-10-11-15-6-4-5-7-16(15)12-14/h1-13H,(H,21,22,23)/b18-13+. The molecule has 4 rings (SSSR count). The van der Waals surface area contributed by atoms with Crippen molar-refractivity contribution in [3.05, 3.63) is 83.3 Å². The van der Waals surface area contributed by atoms with Gasteiger partial charge in [-0.15, -0.1) is 0 Å². The fraction of sp³-hybridized carbons (Fsp3) is 0. The summed E-state index contributed by atoms with van der Waals surface area (Å²) in [6, 6.07) is 24.0. The van der Waals surface area contributed by atoms with E-state index in [0.29, 0.717) is 10.1 Å². The first kappa shape index (κ1) is 14.7. The Morgan fingerprint density at radius 3 is 2.46 bits per heavy atom. The van der Waals surface area contributed by atoms with E-state index in [2.05, 4.69) is 34.6 Å². The van der Waals surface area contributed by atoms with Crippen molar-refractivity contribution < 1.29 is 4.79 Å². The van der Waals surface area contributed by atoms with Crippen molar-refractivity contribution in [2.24, 2.45) is 4.99 Å². The second kappa shape index (κ2) is 6.34. The van der Waals surface area contributed by atoms with Crippen LogP contribution < -0.4 is 5.32 Å². The SMILES string of the molecule is O=C1NC(=Nc2ccccc2)S/C1=C/c1ccc2ccccc2c1. The zero-order valence-corrected chi connectivity index (χ0v) is 13.6. The summed E-state index contributed by atoms with van der Waals surface area (Å²) < 4.78 is 0. The molecule has 0 radical (unpaired) electrons. The summed E-state index contributed by atoms with van der Waals surface area (Å²) in [6.07, 6.45) is 1.90. The summed E-state index contributed by atoms with van der Waals surface area (Å²) >= 11 is 1.36. The zero-order valence-electron chi connectivity index (χ0n) is 12.8. The molecule has 0 bridgehead atoms. The van der Waals surface area contributed by atoms with E-state index in [1.54, 1.807) is 0 Å². The van der Waals surface area contributed by atoms with E-state index in [-0.39, 0.29) is 5.91 Å². The van der Waals surface area contributed by atoms with Gasteiger partial charge in [0.05, 0.1) is 10.6 Å². The zero-order chi connectivity index (χ0) is 16.4. The number of fused-ring (bicyclic) bond motifs is 1. The highest BCUT2D eigenvalue weighted by Gasteiger charge is 2.23. The van der Waals surface area contributed by atoms with Crippen LogP contribution >= 0.6 is 11.8 Å². The Balaban J connectivity index is 1.62. The minimum absolute atomic E-state index is 0.108. The Bertz CT molecular complexity index is 977. The van der Waals surface area contributed by atoms with Crippen LogP contribution in [0.1, 0.15) is 5.56 Å². The van der Waals surface area contributed by atoms with Gasteiger partial charge in [0.1, 0.15) is 0 Å². The molecule has 1 aliphatic rings. The molecule has 0 atom stereocenters. The molecule has 1 heterocycles.